The van der Waals surface area contributed by atoms with Crippen molar-refractivity contribution in [2.24, 2.45) is 0 Å². The average Bonchev–Trinajstić information content (AvgIpc) is 2.70. The van der Waals surface area contributed by atoms with Crippen molar-refractivity contribution in [2.45, 2.75) is 0 Å². The first-order valence-corrected chi connectivity index (χ1v) is 8.91. The van der Waals surface area contributed by atoms with Gasteiger partial charge in [0.2, 0.25) is 0 Å². The lowest BCUT2D eigenvalue weighted by Gasteiger charge is -2.14. The fourth-order valence-electron chi connectivity index (χ4n) is 3.01. The molecule has 0 radical (unpaired) electrons. The second kappa shape index (κ2) is 7.32. The van der Waals surface area contributed by atoms with Crippen LogP contribution in [0.15, 0.2) is 72.8 Å². The summed E-state index contributed by atoms with van der Waals surface area (Å²) < 4.78 is 27.1. The van der Waals surface area contributed by atoms with Crippen molar-refractivity contribution in [3.63, 3.8) is 0 Å². The van der Waals surface area contributed by atoms with E-state index < -0.39 is 11.7 Å². The van der Waals surface area contributed by atoms with Crippen molar-refractivity contribution in [2.75, 3.05) is 5.32 Å². The van der Waals surface area contributed by atoms with Gasteiger partial charge in [-0.1, -0.05) is 42.5 Å². The Hall–Kier alpha value is -3.38. The van der Waals surface area contributed by atoms with Gasteiger partial charge in [-0.25, -0.2) is 8.78 Å². The van der Waals surface area contributed by atoms with Crippen LogP contribution in [-0.2, 0) is 0 Å². The van der Waals surface area contributed by atoms with Crippen LogP contribution in [0.5, 0.6) is 0 Å². The van der Waals surface area contributed by atoms with Crippen LogP contribution in [0.2, 0.25) is 0 Å². The largest absolute Gasteiger partial charge is 0.341 e. The minimum absolute atomic E-state index is 0.305. The molecule has 2 N–H and O–H groups in total. The molecule has 0 spiro atoms. The van der Waals surface area contributed by atoms with Gasteiger partial charge in [0.1, 0.15) is 17.5 Å². The third-order valence-corrected chi connectivity index (χ3v) is 4.81. The second-order valence-corrected chi connectivity index (χ2v) is 6.63. The highest BCUT2D eigenvalue weighted by atomic mass is 32.1. The van der Waals surface area contributed by atoms with Crippen LogP contribution in [0.4, 0.5) is 14.6 Å². The molecule has 0 unspecified atom stereocenters. The van der Waals surface area contributed by atoms with Crippen molar-refractivity contribution < 1.29 is 13.6 Å². The molecule has 1 heterocycles. The van der Waals surface area contributed by atoms with E-state index in [9.17, 15) is 13.6 Å². The number of pyridine rings is 1. The van der Waals surface area contributed by atoms with E-state index in [4.69, 9.17) is 12.2 Å². The number of nitrogens with one attached hydrogen (secondary N) is 2. The monoisotopic (exact) mass is 392 g/mol. The SMILES string of the molecule is O=C(Nc1[nH]c2ccccc2c(=S)c1-c1ccc(F)cc1)c1ccc(F)cc1. The third kappa shape index (κ3) is 3.42. The highest BCUT2D eigenvalue weighted by Gasteiger charge is 2.15. The van der Waals surface area contributed by atoms with Crippen molar-refractivity contribution in [3.05, 3.63) is 94.5 Å². The second-order valence-electron chi connectivity index (χ2n) is 6.22. The van der Waals surface area contributed by atoms with Crippen LogP contribution in [0.3, 0.4) is 0 Å². The zero-order valence-corrected chi connectivity index (χ0v) is 15.3. The van der Waals surface area contributed by atoms with Crippen molar-refractivity contribution in [1.29, 1.82) is 0 Å². The number of H-pyrrole nitrogens is 1. The van der Waals surface area contributed by atoms with Crippen molar-refractivity contribution >= 4 is 34.8 Å². The molecule has 28 heavy (non-hydrogen) atoms. The van der Waals surface area contributed by atoms with Crippen LogP contribution in [0, 0.1) is 16.1 Å². The predicted octanol–water partition coefficient (Wildman–Crippen LogP) is 6.09. The molecular formula is C22H14F2N2OS. The van der Waals surface area contributed by atoms with Gasteiger partial charge in [-0.3, -0.25) is 4.79 Å². The van der Waals surface area contributed by atoms with Crippen LogP contribution >= 0.6 is 12.2 Å². The number of aromatic nitrogens is 1. The van der Waals surface area contributed by atoms with Crippen molar-refractivity contribution in [3.8, 4) is 11.1 Å². The number of para-hydroxylation sites is 1. The number of carbonyl (C=O) groups is 1. The summed E-state index contributed by atoms with van der Waals surface area (Å²) in [4.78, 5) is 15.9. The predicted molar refractivity (Wildman–Crippen MR) is 109 cm³/mol. The minimum Gasteiger partial charge on any atom is -0.341 e. The lowest BCUT2D eigenvalue weighted by atomic mass is 10.0. The van der Waals surface area contributed by atoms with Gasteiger partial charge in [0.25, 0.3) is 5.91 Å². The molecule has 0 fully saturated rings. The molecule has 3 aromatic carbocycles. The van der Waals surface area contributed by atoms with E-state index >= 15 is 0 Å². The van der Waals surface area contributed by atoms with Gasteiger partial charge in [-0.2, -0.15) is 0 Å². The van der Waals surface area contributed by atoms with Gasteiger partial charge >= 0.3 is 0 Å². The molecule has 4 aromatic rings. The average molecular weight is 392 g/mol. The fraction of sp³-hybridized carbons (Fsp3) is 0. The number of amides is 1. The van der Waals surface area contributed by atoms with Gasteiger partial charge in [0.15, 0.2) is 0 Å². The number of anilines is 1. The summed E-state index contributed by atoms with van der Waals surface area (Å²) in [6, 6.07) is 18.6. The van der Waals surface area contributed by atoms with E-state index in [-0.39, 0.29) is 5.82 Å². The molecule has 0 aliphatic carbocycles. The molecule has 0 atom stereocenters. The number of halogens is 2. The van der Waals surface area contributed by atoms with E-state index in [1.807, 2.05) is 24.3 Å². The summed E-state index contributed by atoms with van der Waals surface area (Å²) in [7, 11) is 0. The molecule has 6 heteroatoms. The lowest BCUT2D eigenvalue weighted by molar-refractivity contribution is 0.102. The highest BCUT2D eigenvalue weighted by Crippen LogP contribution is 2.32. The third-order valence-electron chi connectivity index (χ3n) is 4.39. The molecule has 0 aliphatic rings. The molecule has 138 valence electrons. The quantitative estimate of drug-likeness (QED) is 0.414. The summed E-state index contributed by atoms with van der Waals surface area (Å²) in [6.07, 6.45) is 0. The van der Waals surface area contributed by atoms with Crippen LogP contribution in [0.1, 0.15) is 10.4 Å². The lowest BCUT2D eigenvalue weighted by Crippen LogP contribution is -2.14. The number of hydrogen-bond donors (Lipinski definition) is 2. The maximum absolute atomic E-state index is 13.4. The first-order valence-electron chi connectivity index (χ1n) is 8.51. The maximum atomic E-state index is 13.4. The zero-order valence-electron chi connectivity index (χ0n) is 14.5. The minimum atomic E-state index is -0.423. The Labute approximate surface area is 164 Å². The summed E-state index contributed by atoms with van der Waals surface area (Å²) in [5.74, 6) is -0.807. The van der Waals surface area contributed by atoms with Crippen molar-refractivity contribution in [1.82, 2.24) is 4.98 Å². The first-order chi connectivity index (χ1) is 13.5. The van der Waals surface area contributed by atoms with E-state index in [1.54, 1.807) is 12.1 Å². The van der Waals surface area contributed by atoms with Gasteiger partial charge in [0, 0.05) is 22.0 Å². The zero-order chi connectivity index (χ0) is 19.7. The first kappa shape index (κ1) is 18.0. The van der Waals surface area contributed by atoms with E-state index in [1.165, 1.54) is 36.4 Å². The Morgan fingerprint density at radius 2 is 1.46 bits per heavy atom. The van der Waals surface area contributed by atoms with Gasteiger partial charge in [0.05, 0.1) is 4.51 Å². The standard InChI is InChI=1S/C22H14F2N2OS/c23-15-9-5-13(6-10-15)19-20(28)17-3-1-2-4-18(17)25-21(19)26-22(27)14-7-11-16(24)12-8-14/h1-12H,(H2,25,26,27,28). The summed E-state index contributed by atoms with van der Waals surface area (Å²) >= 11 is 5.67. The Morgan fingerprint density at radius 3 is 2.14 bits per heavy atom. The molecular weight excluding hydrogens is 378 g/mol. The molecule has 1 aromatic heterocycles. The summed E-state index contributed by atoms with van der Waals surface area (Å²) in [6.45, 7) is 0. The Morgan fingerprint density at radius 1 is 0.857 bits per heavy atom. The number of rotatable bonds is 3. The fourth-order valence-corrected chi connectivity index (χ4v) is 3.41. The van der Waals surface area contributed by atoms with Gasteiger partial charge in [-0.15, -0.1) is 0 Å². The summed E-state index contributed by atoms with van der Waals surface area (Å²) in [5, 5.41) is 3.63. The normalized spacial score (nSPS) is 10.8. The number of fused-ring (bicyclic) bond motifs is 1. The Bertz CT molecular complexity index is 1230. The Kier molecular flexibility index (Phi) is 4.71. The maximum Gasteiger partial charge on any atom is 0.256 e. The summed E-state index contributed by atoms with van der Waals surface area (Å²) in [5.41, 5.74) is 2.32. The molecule has 0 aliphatic heterocycles. The molecule has 0 saturated heterocycles. The molecule has 1 amide bonds. The van der Waals surface area contributed by atoms with E-state index in [0.717, 1.165) is 10.9 Å². The number of benzene rings is 3. The molecule has 0 saturated carbocycles. The number of aromatic amines is 1. The van der Waals surface area contributed by atoms with Crippen LogP contribution in [-0.4, -0.2) is 10.9 Å². The van der Waals surface area contributed by atoms with Gasteiger partial charge < -0.3 is 10.3 Å². The molecule has 0 bridgehead atoms. The van der Waals surface area contributed by atoms with E-state index in [2.05, 4.69) is 10.3 Å². The molecule has 4 rings (SSSR count). The van der Waals surface area contributed by atoms with E-state index in [0.29, 0.717) is 27.0 Å². The highest BCUT2D eigenvalue weighted by molar-refractivity contribution is 7.71. The molecule has 3 nitrogen and oxygen atoms in total. The Balaban J connectivity index is 1.87. The number of carbonyl (C=O) groups excluding carboxylic acids is 1. The van der Waals surface area contributed by atoms with Crippen LogP contribution in [0.25, 0.3) is 22.0 Å². The number of hydrogen-bond acceptors (Lipinski definition) is 2. The van der Waals surface area contributed by atoms with Crippen LogP contribution < -0.4 is 5.32 Å². The van der Waals surface area contributed by atoms with Gasteiger partial charge in [-0.05, 0) is 48.0 Å². The smallest absolute Gasteiger partial charge is 0.256 e. The topological polar surface area (TPSA) is 44.9 Å².